The molecule has 134 valence electrons. The number of aromatic amines is 1. The second-order valence-electron chi connectivity index (χ2n) is 5.77. The minimum absolute atomic E-state index is 0.175. The molecule has 0 bridgehead atoms. The Kier molecular flexibility index (Phi) is 5.58. The fourth-order valence-corrected chi connectivity index (χ4v) is 3.44. The zero-order valence-electron chi connectivity index (χ0n) is 14.5. The van der Waals surface area contributed by atoms with Crippen molar-refractivity contribution in [3.63, 3.8) is 0 Å². The number of carboxylic acids is 1. The molecule has 0 unspecified atom stereocenters. The van der Waals surface area contributed by atoms with Crippen LogP contribution in [0.1, 0.15) is 24.7 Å². The van der Waals surface area contributed by atoms with Crippen LogP contribution in [0.5, 0.6) is 0 Å². The van der Waals surface area contributed by atoms with Gasteiger partial charge in [-0.25, -0.2) is 9.78 Å². The second kappa shape index (κ2) is 8.05. The van der Waals surface area contributed by atoms with Gasteiger partial charge in [-0.1, -0.05) is 31.2 Å². The van der Waals surface area contributed by atoms with Crippen molar-refractivity contribution < 1.29 is 9.90 Å². The zero-order chi connectivity index (χ0) is 18.5. The molecule has 0 saturated heterocycles. The first-order chi connectivity index (χ1) is 12.6. The first kappa shape index (κ1) is 18.0. The van der Waals surface area contributed by atoms with Crippen LogP contribution in [-0.2, 0) is 17.8 Å². The van der Waals surface area contributed by atoms with Gasteiger partial charge in [-0.2, -0.15) is 0 Å². The van der Waals surface area contributed by atoms with E-state index >= 15 is 0 Å². The minimum Gasteiger partial charge on any atom is -0.477 e. The largest absolute Gasteiger partial charge is 0.477 e. The van der Waals surface area contributed by atoms with Crippen LogP contribution in [0, 0.1) is 0 Å². The molecule has 3 rings (SSSR count). The van der Waals surface area contributed by atoms with E-state index in [-0.39, 0.29) is 4.91 Å². The molecule has 2 heterocycles. The number of carbonyl (C=O) groups is 1. The van der Waals surface area contributed by atoms with Crippen LogP contribution >= 0.6 is 11.8 Å². The Morgan fingerprint density at radius 1 is 1.42 bits per heavy atom. The van der Waals surface area contributed by atoms with Gasteiger partial charge in [-0.05, 0) is 30.3 Å². The first-order valence-corrected chi connectivity index (χ1v) is 9.17. The molecule has 6 nitrogen and oxygen atoms in total. The number of H-pyrrole nitrogens is 1. The van der Waals surface area contributed by atoms with E-state index in [1.165, 1.54) is 0 Å². The second-order valence-corrected chi connectivity index (χ2v) is 6.78. The number of para-hydroxylation sites is 1. The van der Waals surface area contributed by atoms with Crippen LogP contribution in [0.4, 0.5) is 0 Å². The van der Waals surface area contributed by atoms with Gasteiger partial charge in [-0.15, -0.1) is 11.7 Å². The SMILES string of the molecule is C=CCn1cc(/C=C(\Sc2n[nH]c(CCC)n2)C(=O)O)c2ccccc21. The van der Waals surface area contributed by atoms with Gasteiger partial charge in [0.05, 0.1) is 0 Å². The van der Waals surface area contributed by atoms with Gasteiger partial charge in [0.25, 0.3) is 0 Å². The van der Waals surface area contributed by atoms with E-state index in [4.69, 9.17) is 0 Å². The summed E-state index contributed by atoms with van der Waals surface area (Å²) < 4.78 is 2.05. The van der Waals surface area contributed by atoms with Crippen molar-refractivity contribution in [2.75, 3.05) is 0 Å². The van der Waals surface area contributed by atoms with Crippen molar-refractivity contribution in [1.82, 2.24) is 19.7 Å². The van der Waals surface area contributed by atoms with Gasteiger partial charge in [0.15, 0.2) is 0 Å². The Morgan fingerprint density at radius 2 is 2.23 bits per heavy atom. The average Bonchev–Trinajstić information content (AvgIpc) is 3.20. The molecule has 0 amide bonds. The molecule has 3 aromatic rings. The van der Waals surface area contributed by atoms with E-state index < -0.39 is 5.97 Å². The van der Waals surface area contributed by atoms with Crippen molar-refractivity contribution in [3.05, 3.63) is 59.4 Å². The number of nitrogens with one attached hydrogen (secondary N) is 1. The number of rotatable bonds is 8. The van der Waals surface area contributed by atoms with Gasteiger partial charge in [0, 0.05) is 35.6 Å². The van der Waals surface area contributed by atoms with Crippen molar-refractivity contribution in [1.29, 1.82) is 0 Å². The number of allylic oxidation sites excluding steroid dienone is 1. The highest BCUT2D eigenvalue weighted by atomic mass is 32.2. The molecule has 0 radical (unpaired) electrons. The molecule has 0 aliphatic carbocycles. The maximum Gasteiger partial charge on any atom is 0.342 e. The molecule has 0 aliphatic heterocycles. The van der Waals surface area contributed by atoms with Crippen LogP contribution in [0.15, 0.2) is 53.2 Å². The molecular weight excluding hydrogens is 348 g/mol. The van der Waals surface area contributed by atoms with E-state index in [9.17, 15) is 9.90 Å². The number of hydrogen-bond acceptors (Lipinski definition) is 4. The third-order valence-electron chi connectivity index (χ3n) is 3.84. The molecule has 0 atom stereocenters. The van der Waals surface area contributed by atoms with E-state index in [0.717, 1.165) is 46.9 Å². The van der Waals surface area contributed by atoms with Gasteiger partial charge < -0.3 is 9.67 Å². The van der Waals surface area contributed by atoms with E-state index in [1.807, 2.05) is 41.1 Å². The summed E-state index contributed by atoms with van der Waals surface area (Å²) in [6.45, 7) is 6.49. The summed E-state index contributed by atoms with van der Waals surface area (Å²) in [5, 5.41) is 18.0. The minimum atomic E-state index is -1.00. The number of benzene rings is 1. The lowest BCUT2D eigenvalue weighted by Gasteiger charge is -1.99. The predicted molar refractivity (Wildman–Crippen MR) is 104 cm³/mol. The molecule has 26 heavy (non-hydrogen) atoms. The Balaban J connectivity index is 1.97. The van der Waals surface area contributed by atoms with Crippen molar-refractivity contribution in [2.24, 2.45) is 0 Å². The van der Waals surface area contributed by atoms with E-state index in [1.54, 1.807) is 6.08 Å². The van der Waals surface area contributed by atoms with E-state index in [2.05, 4.69) is 28.7 Å². The number of aromatic nitrogens is 4. The number of nitrogens with zero attached hydrogens (tertiary/aromatic N) is 3. The molecular formula is C19H20N4O2S. The summed E-state index contributed by atoms with van der Waals surface area (Å²) in [5.74, 6) is -0.236. The summed E-state index contributed by atoms with van der Waals surface area (Å²) in [7, 11) is 0. The standard InChI is InChI=1S/C19H20N4O2S/c1-3-7-17-20-19(22-21-17)26-16(18(24)25)11-13-12-23(10-4-2)15-9-6-5-8-14(13)15/h4-6,8-9,11-12H,2-3,7,10H2,1H3,(H,24,25)(H,20,21,22)/b16-11-. The van der Waals surface area contributed by atoms with Crippen molar-refractivity contribution in [3.8, 4) is 0 Å². The Bertz CT molecular complexity index is 971. The summed E-state index contributed by atoms with van der Waals surface area (Å²) in [4.78, 5) is 16.2. The van der Waals surface area contributed by atoms with Crippen molar-refractivity contribution in [2.45, 2.75) is 31.5 Å². The quantitative estimate of drug-likeness (QED) is 0.355. The number of hydrogen-bond donors (Lipinski definition) is 2. The lowest BCUT2D eigenvalue weighted by atomic mass is 10.1. The highest BCUT2D eigenvalue weighted by molar-refractivity contribution is 8.04. The van der Waals surface area contributed by atoms with Gasteiger partial charge >= 0.3 is 5.97 Å². The summed E-state index contributed by atoms with van der Waals surface area (Å²) in [6, 6.07) is 7.90. The lowest BCUT2D eigenvalue weighted by Crippen LogP contribution is -1.97. The molecule has 0 saturated carbocycles. The number of thioether (sulfide) groups is 1. The molecule has 1 aromatic carbocycles. The number of aliphatic carboxylic acids is 1. The van der Waals surface area contributed by atoms with E-state index in [0.29, 0.717) is 11.7 Å². The maximum absolute atomic E-state index is 11.7. The molecule has 0 spiro atoms. The van der Waals surface area contributed by atoms with Gasteiger partial charge in [-0.3, -0.25) is 5.10 Å². The smallest absolute Gasteiger partial charge is 0.342 e. The molecule has 2 aromatic heterocycles. The summed E-state index contributed by atoms with van der Waals surface area (Å²) in [5.41, 5.74) is 1.88. The number of aryl methyl sites for hydroxylation is 1. The van der Waals surface area contributed by atoms with Crippen LogP contribution in [0.3, 0.4) is 0 Å². The highest BCUT2D eigenvalue weighted by Gasteiger charge is 2.15. The van der Waals surface area contributed by atoms with Gasteiger partial charge in [0.1, 0.15) is 10.7 Å². The topological polar surface area (TPSA) is 83.8 Å². The molecule has 2 N–H and O–H groups in total. The Labute approximate surface area is 155 Å². The monoisotopic (exact) mass is 368 g/mol. The Morgan fingerprint density at radius 3 is 2.96 bits per heavy atom. The van der Waals surface area contributed by atoms with Crippen LogP contribution in [0.2, 0.25) is 0 Å². The van der Waals surface area contributed by atoms with Gasteiger partial charge in [0.2, 0.25) is 5.16 Å². The summed E-state index contributed by atoms with van der Waals surface area (Å²) >= 11 is 1.05. The average molecular weight is 368 g/mol. The fraction of sp³-hybridized carbons (Fsp3) is 0.211. The van der Waals surface area contributed by atoms with Crippen LogP contribution < -0.4 is 0 Å². The first-order valence-electron chi connectivity index (χ1n) is 8.35. The fourth-order valence-electron chi connectivity index (χ4n) is 2.73. The molecule has 0 fully saturated rings. The maximum atomic E-state index is 11.7. The number of fused-ring (bicyclic) bond motifs is 1. The van der Waals surface area contributed by atoms with Crippen LogP contribution in [-0.4, -0.2) is 30.8 Å². The number of carboxylic acid groups (broad SMARTS) is 1. The molecule has 7 heteroatoms. The molecule has 0 aliphatic rings. The van der Waals surface area contributed by atoms with Crippen molar-refractivity contribution >= 4 is 34.7 Å². The third-order valence-corrected chi connectivity index (χ3v) is 4.72. The Hall–Kier alpha value is -2.80. The predicted octanol–water partition coefficient (Wildman–Crippen LogP) is 4.12. The normalized spacial score (nSPS) is 11.8. The third kappa shape index (κ3) is 3.88. The highest BCUT2D eigenvalue weighted by Crippen LogP contribution is 2.29. The summed E-state index contributed by atoms with van der Waals surface area (Å²) in [6.07, 6.45) is 7.16. The zero-order valence-corrected chi connectivity index (χ0v) is 15.3. The van der Waals surface area contributed by atoms with Crippen LogP contribution in [0.25, 0.3) is 17.0 Å². The lowest BCUT2D eigenvalue weighted by molar-refractivity contribution is -0.131.